The molecule has 0 atom stereocenters. The minimum Gasteiger partial charge on any atom is -0.337 e. The lowest BCUT2D eigenvalue weighted by Crippen LogP contribution is -2.43. The Morgan fingerprint density at radius 2 is 1.52 bits per heavy atom. The van der Waals surface area contributed by atoms with Crippen molar-refractivity contribution in [2.75, 3.05) is 6.54 Å². The molecule has 21 heavy (non-hydrogen) atoms. The summed E-state index contributed by atoms with van der Waals surface area (Å²) in [6.45, 7) is 3.08. The highest BCUT2D eigenvalue weighted by Gasteiger charge is 2.38. The zero-order chi connectivity index (χ0) is 15.1. The Labute approximate surface area is 130 Å². The van der Waals surface area contributed by atoms with Crippen molar-refractivity contribution in [2.24, 2.45) is 11.7 Å². The molecule has 1 amide bonds. The molecule has 2 rings (SSSR count). The van der Waals surface area contributed by atoms with Gasteiger partial charge in [0, 0.05) is 18.5 Å². The highest BCUT2D eigenvalue weighted by atomic mass is 16.2. The Bertz CT molecular complexity index is 306. The Morgan fingerprint density at radius 1 is 0.952 bits per heavy atom. The van der Waals surface area contributed by atoms with Gasteiger partial charge in [-0.25, -0.2) is 0 Å². The number of nitrogens with zero attached hydrogens (tertiary/aromatic N) is 1. The van der Waals surface area contributed by atoms with Crippen LogP contribution in [0.1, 0.15) is 84.0 Å². The maximum atomic E-state index is 12.6. The van der Waals surface area contributed by atoms with Gasteiger partial charge in [-0.2, -0.15) is 0 Å². The summed E-state index contributed by atoms with van der Waals surface area (Å²) < 4.78 is 0. The second-order valence-corrected chi connectivity index (χ2v) is 7.07. The molecule has 2 fully saturated rings. The number of rotatable bonds is 9. The predicted octanol–water partition coefficient (Wildman–Crippen LogP) is 3.86. The van der Waals surface area contributed by atoms with Crippen LogP contribution in [-0.2, 0) is 4.79 Å². The second kappa shape index (κ2) is 8.77. The van der Waals surface area contributed by atoms with Crippen LogP contribution in [0.15, 0.2) is 0 Å². The van der Waals surface area contributed by atoms with E-state index >= 15 is 0 Å². The van der Waals surface area contributed by atoms with Crippen LogP contribution in [0.4, 0.5) is 0 Å². The van der Waals surface area contributed by atoms with Crippen molar-refractivity contribution in [3.63, 3.8) is 0 Å². The van der Waals surface area contributed by atoms with Crippen molar-refractivity contribution in [1.29, 1.82) is 0 Å². The minimum atomic E-state index is 0.435. The molecule has 2 aliphatic rings. The van der Waals surface area contributed by atoms with Crippen LogP contribution in [0.25, 0.3) is 0 Å². The van der Waals surface area contributed by atoms with E-state index in [1.807, 2.05) is 0 Å². The Morgan fingerprint density at radius 3 is 2.05 bits per heavy atom. The molecule has 2 aliphatic carbocycles. The summed E-state index contributed by atoms with van der Waals surface area (Å²) in [6, 6.07) is 1.14. The lowest BCUT2D eigenvalue weighted by molar-refractivity contribution is -0.135. The molecule has 0 aromatic rings. The van der Waals surface area contributed by atoms with Gasteiger partial charge in [0.15, 0.2) is 0 Å². The number of carbonyl (C=O) groups is 1. The van der Waals surface area contributed by atoms with Gasteiger partial charge >= 0.3 is 0 Å². The number of unbranched alkanes of at least 4 members (excludes halogenated alkanes) is 3. The van der Waals surface area contributed by atoms with Crippen LogP contribution in [0.2, 0.25) is 0 Å². The molecule has 0 aromatic heterocycles. The predicted molar refractivity (Wildman–Crippen MR) is 88.0 cm³/mol. The first-order chi connectivity index (χ1) is 10.3. The summed E-state index contributed by atoms with van der Waals surface area (Å²) in [5.41, 5.74) is 5.51. The van der Waals surface area contributed by atoms with Gasteiger partial charge in [0.25, 0.3) is 0 Å². The fraction of sp³-hybridized carbons (Fsp3) is 0.944. The Balaban J connectivity index is 1.75. The third kappa shape index (κ3) is 5.28. The van der Waals surface area contributed by atoms with Gasteiger partial charge in [0.1, 0.15) is 0 Å². The fourth-order valence-corrected chi connectivity index (χ4v) is 3.79. The number of hydrogen-bond acceptors (Lipinski definition) is 2. The van der Waals surface area contributed by atoms with Crippen LogP contribution >= 0.6 is 0 Å². The normalized spacial score (nSPS) is 25.8. The van der Waals surface area contributed by atoms with Gasteiger partial charge in [-0.15, -0.1) is 0 Å². The topological polar surface area (TPSA) is 46.3 Å². The average Bonchev–Trinajstić information content (AvgIpc) is 3.33. The van der Waals surface area contributed by atoms with E-state index in [4.69, 9.17) is 5.73 Å². The van der Waals surface area contributed by atoms with E-state index in [0.29, 0.717) is 18.0 Å². The van der Waals surface area contributed by atoms with Crippen molar-refractivity contribution in [1.82, 2.24) is 4.90 Å². The first kappa shape index (κ1) is 16.8. The van der Waals surface area contributed by atoms with Crippen LogP contribution in [-0.4, -0.2) is 29.4 Å². The molecule has 2 N–H and O–H groups in total. The van der Waals surface area contributed by atoms with Crippen LogP contribution in [0.3, 0.4) is 0 Å². The van der Waals surface area contributed by atoms with Crippen molar-refractivity contribution >= 4 is 5.91 Å². The third-order valence-electron chi connectivity index (χ3n) is 5.36. The molecule has 0 heterocycles. The van der Waals surface area contributed by atoms with Crippen LogP contribution in [0.5, 0.6) is 0 Å². The summed E-state index contributed by atoms with van der Waals surface area (Å²) >= 11 is 0. The molecule has 0 radical (unpaired) electrons. The van der Waals surface area contributed by atoms with E-state index in [9.17, 15) is 4.79 Å². The van der Waals surface area contributed by atoms with Crippen molar-refractivity contribution in [3.05, 3.63) is 0 Å². The minimum absolute atomic E-state index is 0.435. The molecule has 0 aromatic carbocycles. The summed E-state index contributed by atoms with van der Waals surface area (Å²) in [4.78, 5) is 14.9. The maximum Gasteiger partial charge on any atom is 0.223 e. The molecule has 3 heteroatoms. The zero-order valence-corrected chi connectivity index (χ0v) is 13.9. The highest BCUT2D eigenvalue weighted by Crippen LogP contribution is 2.36. The molecule has 122 valence electrons. The molecular weight excluding hydrogens is 260 g/mol. The maximum absolute atomic E-state index is 12.6. The molecule has 3 nitrogen and oxygen atoms in total. The van der Waals surface area contributed by atoms with E-state index < -0.39 is 0 Å². The van der Waals surface area contributed by atoms with Gasteiger partial charge in [-0.1, -0.05) is 26.2 Å². The van der Waals surface area contributed by atoms with E-state index in [2.05, 4.69) is 11.8 Å². The molecular formula is C18H34N2O. The van der Waals surface area contributed by atoms with Crippen molar-refractivity contribution < 1.29 is 4.79 Å². The van der Waals surface area contributed by atoms with Gasteiger partial charge in [0.2, 0.25) is 5.91 Å². The first-order valence-corrected chi connectivity index (χ1v) is 9.27. The lowest BCUT2D eigenvalue weighted by Gasteiger charge is -2.37. The van der Waals surface area contributed by atoms with Crippen LogP contribution in [0, 0.1) is 5.92 Å². The van der Waals surface area contributed by atoms with Crippen LogP contribution < -0.4 is 5.73 Å². The van der Waals surface area contributed by atoms with E-state index in [1.54, 1.807) is 0 Å². The quantitative estimate of drug-likeness (QED) is 0.656. The standard InChI is InChI=1S/C18H34N2O/c1-2-15-8-10-16(11-9-15)20(17-12-13-17)18(21)7-5-3-4-6-14-19/h15-17H,2-14,19H2,1H3. The van der Waals surface area contributed by atoms with Crippen molar-refractivity contribution in [2.45, 2.75) is 96.1 Å². The molecule has 0 spiro atoms. The second-order valence-electron chi connectivity index (χ2n) is 7.07. The summed E-state index contributed by atoms with van der Waals surface area (Å²) in [7, 11) is 0. The summed E-state index contributed by atoms with van der Waals surface area (Å²) in [6.07, 6.45) is 14.2. The Hall–Kier alpha value is -0.570. The molecule has 2 saturated carbocycles. The lowest BCUT2D eigenvalue weighted by atomic mass is 9.83. The number of nitrogens with two attached hydrogens (primary N) is 1. The number of carbonyl (C=O) groups excluding carboxylic acids is 1. The molecule has 0 aliphatic heterocycles. The molecule has 0 bridgehead atoms. The molecule has 0 saturated heterocycles. The highest BCUT2D eigenvalue weighted by molar-refractivity contribution is 5.77. The van der Waals surface area contributed by atoms with Gasteiger partial charge in [-0.3, -0.25) is 4.79 Å². The SMILES string of the molecule is CCC1CCC(N(C(=O)CCCCCCN)C2CC2)CC1. The first-order valence-electron chi connectivity index (χ1n) is 9.27. The monoisotopic (exact) mass is 294 g/mol. The van der Waals surface area contributed by atoms with Gasteiger partial charge in [0.05, 0.1) is 0 Å². The van der Waals surface area contributed by atoms with Crippen molar-refractivity contribution in [3.8, 4) is 0 Å². The van der Waals surface area contributed by atoms with Gasteiger partial charge in [-0.05, 0) is 63.8 Å². The largest absolute Gasteiger partial charge is 0.337 e. The summed E-state index contributed by atoms with van der Waals surface area (Å²) in [5, 5.41) is 0. The average molecular weight is 294 g/mol. The van der Waals surface area contributed by atoms with E-state index in [-0.39, 0.29) is 0 Å². The number of hydrogen-bond donors (Lipinski definition) is 1. The summed E-state index contributed by atoms with van der Waals surface area (Å²) in [5.74, 6) is 1.35. The zero-order valence-electron chi connectivity index (χ0n) is 13.9. The Kier molecular flexibility index (Phi) is 7.01. The molecule has 0 unspecified atom stereocenters. The third-order valence-corrected chi connectivity index (χ3v) is 5.36. The van der Waals surface area contributed by atoms with E-state index in [1.165, 1.54) is 51.4 Å². The smallest absolute Gasteiger partial charge is 0.223 e. The van der Waals surface area contributed by atoms with E-state index in [0.717, 1.165) is 38.1 Å². The number of amides is 1. The fourth-order valence-electron chi connectivity index (χ4n) is 3.79. The van der Waals surface area contributed by atoms with Gasteiger partial charge < -0.3 is 10.6 Å².